The second-order valence-electron chi connectivity index (χ2n) is 5.97. The number of hydrogen-bond acceptors (Lipinski definition) is 3. The molecule has 3 rings (SSSR count). The van der Waals surface area contributed by atoms with Gasteiger partial charge in [-0.25, -0.2) is 0 Å². The average molecular weight is 335 g/mol. The van der Waals surface area contributed by atoms with E-state index in [0.29, 0.717) is 11.5 Å². The first-order valence-electron chi connectivity index (χ1n) is 7.77. The van der Waals surface area contributed by atoms with E-state index in [-0.39, 0.29) is 16.9 Å². The third-order valence-corrected chi connectivity index (χ3v) is 4.20. The third-order valence-electron chi connectivity index (χ3n) is 4.20. The van der Waals surface area contributed by atoms with Crippen molar-refractivity contribution in [3.63, 3.8) is 0 Å². The van der Waals surface area contributed by atoms with Crippen molar-refractivity contribution in [2.45, 2.75) is 38.6 Å². The van der Waals surface area contributed by atoms with Gasteiger partial charge in [-0.15, -0.1) is 13.2 Å². The fraction of sp³-hybridized carbons (Fsp3) is 0.412. The topological polar surface area (TPSA) is 50.8 Å². The van der Waals surface area contributed by atoms with E-state index in [2.05, 4.69) is 9.84 Å². The van der Waals surface area contributed by atoms with E-state index in [4.69, 9.17) is 5.26 Å². The van der Waals surface area contributed by atoms with Crippen LogP contribution in [0.4, 0.5) is 13.2 Å². The number of nitriles is 1. The molecule has 4 nitrogen and oxygen atoms in total. The number of hydrogen-bond donors (Lipinski definition) is 0. The number of nitrogens with zero attached hydrogens (tertiary/aromatic N) is 3. The van der Waals surface area contributed by atoms with Gasteiger partial charge in [0.15, 0.2) is 0 Å². The zero-order valence-electron chi connectivity index (χ0n) is 12.9. The zero-order chi connectivity index (χ0) is 17.2. The van der Waals surface area contributed by atoms with Gasteiger partial charge in [-0.2, -0.15) is 10.4 Å². The highest BCUT2D eigenvalue weighted by atomic mass is 19.4. The smallest absolute Gasteiger partial charge is 0.405 e. The molecule has 1 saturated carbocycles. The third kappa shape index (κ3) is 3.88. The molecule has 1 heterocycles. The largest absolute Gasteiger partial charge is 0.573 e. The van der Waals surface area contributed by atoms with Crippen LogP contribution in [-0.4, -0.2) is 16.1 Å². The van der Waals surface area contributed by atoms with Crippen molar-refractivity contribution in [2.24, 2.45) is 5.92 Å². The zero-order valence-corrected chi connectivity index (χ0v) is 12.9. The number of halogens is 3. The lowest BCUT2D eigenvalue weighted by Gasteiger charge is -2.13. The van der Waals surface area contributed by atoms with Crippen LogP contribution in [0.25, 0.3) is 11.1 Å². The van der Waals surface area contributed by atoms with Gasteiger partial charge < -0.3 is 4.74 Å². The van der Waals surface area contributed by atoms with Crippen LogP contribution in [0.15, 0.2) is 30.6 Å². The molecule has 0 spiro atoms. The molecule has 2 aromatic rings. The lowest BCUT2D eigenvalue weighted by Crippen LogP contribution is -2.17. The minimum absolute atomic E-state index is 0.108. The Bertz CT molecular complexity index is 755. The summed E-state index contributed by atoms with van der Waals surface area (Å²) in [7, 11) is 0. The molecule has 24 heavy (non-hydrogen) atoms. The predicted molar refractivity (Wildman–Crippen MR) is 81.0 cm³/mol. The molecule has 7 heteroatoms. The maximum absolute atomic E-state index is 12.6. The first-order valence-corrected chi connectivity index (χ1v) is 7.77. The monoisotopic (exact) mass is 335 g/mol. The Morgan fingerprint density at radius 2 is 2.04 bits per heavy atom. The number of rotatable bonds is 4. The summed E-state index contributed by atoms with van der Waals surface area (Å²) >= 11 is 0. The molecule has 126 valence electrons. The molecule has 1 aliphatic carbocycles. The number of alkyl halides is 3. The molecule has 1 aromatic carbocycles. The normalized spacial score (nSPS) is 15.4. The summed E-state index contributed by atoms with van der Waals surface area (Å²) < 4.78 is 43.7. The Labute approximate surface area is 137 Å². The molecule has 0 aliphatic heterocycles. The van der Waals surface area contributed by atoms with Gasteiger partial charge in [0.05, 0.1) is 17.8 Å². The standard InChI is InChI=1S/C17H16F3N3O/c18-17(19,20)24-16-7-13(8-21)5-6-15(16)14-9-22-23(11-14)10-12-3-1-2-4-12/h5-7,9,11-12H,1-4,10H2. The first-order chi connectivity index (χ1) is 11.4. The Hall–Kier alpha value is -2.49. The van der Waals surface area contributed by atoms with Gasteiger partial charge >= 0.3 is 6.36 Å². The molecule has 0 unspecified atom stereocenters. The van der Waals surface area contributed by atoms with Crippen LogP contribution in [-0.2, 0) is 6.54 Å². The second kappa shape index (κ2) is 6.56. The summed E-state index contributed by atoms with van der Waals surface area (Å²) in [6.45, 7) is 0.770. The van der Waals surface area contributed by atoms with Crippen molar-refractivity contribution < 1.29 is 17.9 Å². The lowest BCUT2D eigenvalue weighted by atomic mass is 10.1. The van der Waals surface area contributed by atoms with Crippen LogP contribution in [0.2, 0.25) is 0 Å². The van der Waals surface area contributed by atoms with Gasteiger partial charge in [0.25, 0.3) is 0 Å². The Balaban J connectivity index is 1.88. The summed E-state index contributed by atoms with van der Waals surface area (Å²) in [6.07, 6.45) is 3.20. The molecule has 0 saturated heterocycles. The van der Waals surface area contributed by atoms with Crippen molar-refractivity contribution in [3.05, 3.63) is 36.2 Å². The molecule has 0 atom stereocenters. The molecule has 0 bridgehead atoms. The maximum atomic E-state index is 12.6. The van der Waals surface area contributed by atoms with Gasteiger partial charge in [-0.3, -0.25) is 4.68 Å². The van der Waals surface area contributed by atoms with Gasteiger partial charge in [0.2, 0.25) is 0 Å². The fourth-order valence-corrected chi connectivity index (χ4v) is 3.10. The minimum atomic E-state index is -4.82. The fourth-order valence-electron chi connectivity index (χ4n) is 3.10. The molecule has 0 N–H and O–H groups in total. The molecule has 1 aromatic heterocycles. The van der Waals surface area contributed by atoms with Crippen LogP contribution >= 0.6 is 0 Å². The number of benzene rings is 1. The number of ether oxygens (including phenoxy) is 1. The van der Waals surface area contributed by atoms with E-state index in [1.54, 1.807) is 10.9 Å². The molecule has 1 fully saturated rings. The summed E-state index contributed by atoms with van der Waals surface area (Å²) in [6, 6.07) is 5.83. The average Bonchev–Trinajstić information content (AvgIpc) is 3.18. The molecule has 0 radical (unpaired) electrons. The van der Waals surface area contributed by atoms with E-state index in [0.717, 1.165) is 25.5 Å². The molecular weight excluding hydrogens is 319 g/mol. The van der Waals surface area contributed by atoms with Crippen molar-refractivity contribution in [1.82, 2.24) is 9.78 Å². The molecule has 0 amide bonds. The summed E-state index contributed by atoms with van der Waals surface area (Å²) in [5, 5.41) is 13.1. The molecule has 1 aliphatic rings. The summed E-state index contributed by atoms with van der Waals surface area (Å²) in [5.41, 5.74) is 0.914. The Morgan fingerprint density at radius 3 is 2.71 bits per heavy atom. The van der Waals surface area contributed by atoms with Gasteiger partial charge in [0.1, 0.15) is 5.75 Å². The lowest BCUT2D eigenvalue weighted by molar-refractivity contribution is -0.274. The van der Waals surface area contributed by atoms with Crippen molar-refractivity contribution in [2.75, 3.05) is 0 Å². The van der Waals surface area contributed by atoms with E-state index in [9.17, 15) is 13.2 Å². The highest BCUT2D eigenvalue weighted by Crippen LogP contribution is 2.35. The summed E-state index contributed by atoms with van der Waals surface area (Å²) in [4.78, 5) is 0. The van der Waals surface area contributed by atoms with Gasteiger partial charge in [0, 0.05) is 23.9 Å². The van der Waals surface area contributed by atoms with Crippen LogP contribution in [0.5, 0.6) is 5.75 Å². The Morgan fingerprint density at radius 1 is 1.29 bits per heavy atom. The number of aromatic nitrogens is 2. The van der Waals surface area contributed by atoms with Crippen LogP contribution in [0.1, 0.15) is 31.2 Å². The van der Waals surface area contributed by atoms with Crippen molar-refractivity contribution >= 4 is 0 Å². The van der Waals surface area contributed by atoms with E-state index >= 15 is 0 Å². The quantitative estimate of drug-likeness (QED) is 0.826. The van der Waals surface area contributed by atoms with Crippen molar-refractivity contribution in [1.29, 1.82) is 5.26 Å². The first kappa shape index (κ1) is 16.4. The second-order valence-corrected chi connectivity index (χ2v) is 5.97. The highest BCUT2D eigenvalue weighted by Gasteiger charge is 2.32. The van der Waals surface area contributed by atoms with E-state index in [1.807, 2.05) is 6.07 Å². The summed E-state index contributed by atoms with van der Waals surface area (Å²) in [5.74, 6) is 0.187. The SMILES string of the molecule is N#Cc1ccc(-c2cnn(CC3CCCC3)c2)c(OC(F)(F)F)c1. The van der Waals surface area contributed by atoms with Crippen LogP contribution < -0.4 is 4.74 Å². The van der Waals surface area contributed by atoms with Gasteiger partial charge in [-0.05, 0) is 37.0 Å². The van der Waals surface area contributed by atoms with Gasteiger partial charge in [-0.1, -0.05) is 12.8 Å². The Kier molecular flexibility index (Phi) is 4.47. The van der Waals surface area contributed by atoms with Crippen molar-refractivity contribution in [3.8, 4) is 22.9 Å². The van der Waals surface area contributed by atoms with Crippen LogP contribution in [0.3, 0.4) is 0 Å². The maximum Gasteiger partial charge on any atom is 0.573 e. The molecular formula is C17H16F3N3O. The van der Waals surface area contributed by atoms with E-state index < -0.39 is 6.36 Å². The minimum Gasteiger partial charge on any atom is -0.405 e. The van der Waals surface area contributed by atoms with E-state index in [1.165, 1.54) is 31.2 Å². The predicted octanol–water partition coefficient (Wildman–Crippen LogP) is 4.51. The highest BCUT2D eigenvalue weighted by molar-refractivity contribution is 5.70. The van der Waals surface area contributed by atoms with Crippen LogP contribution in [0, 0.1) is 17.2 Å².